The van der Waals surface area contributed by atoms with Crippen molar-refractivity contribution in [2.45, 2.75) is 31.0 Å². The van der Waals surface area contributed by atoms with Crippen molar-refractivity contribution < 1.29 is 24.8 Å². The minimum absolute atomic E-state index is 0.170. The summed E-state index contributed by atoms with van der Waals surface area (Å²) in [6.07, 6.45) is -2.88. The van der Waals surface area contributed by atoms with Crippen molar-refractivity contribution in [3.05, 3.63) is 0 Å². The molecule has 0 saturated carbocycles. The van der Waals surface area contributed by atoms with Gasteiger partial charge in [0, 0.05) is 13.5 Å². The van der Waals surface area contributed by atoms with Crippen LogP contribution in [-0.2, 0) is 9.47 Å². The summed E-state index contributed by atoms with van der Waals surface area (Å²) in [4.78, 5) is 0. The van der Waals surface area contributed by atoms with Crippen LogP contribution in [0.15, 0.2) is 0 Å². The van der Waals surface area contributed by atoms with Gasteiger partial charge < -0.3 is 24.8 Å². The zero-order valence-corrected chi connectivity index (χ0v) is 6.88. The number of aliphatic hydroxyl groups is 3. The summed E-state index contributed by atoms with van der Waals surface area (Å²) in [7, 11) is 1.40. The van der Waals surface area contributed by atoms with Crippen molar-refractivity contribution in [3.63, 3.8) is 0 Å². The molecule has 72 valence electrons. The highest BCUT2D eigenvalue weighted by Gasteiger charge is 2.35. The monoisotopic (exact) mass is 178 g/mol. The first kappa shape index (κ1) is 9.88. The van der Waals surface area contributed by atoms with E-state index in [1.54, 1.807) is 0 Å². The van der Waals surface area contributed by atoms with Gasteiger partial charge in [-0.15, -0.1) is 0 Å². The van der Waals surface area contributed by atoms with Crippen LogP contribution < -0.4 is 0 Å². The van der Waals surface area contributed by atoms with Crippen LogP contribution >= 0.6 is 0 Å². The van der Waals surface area contributed by atoms with Gasteiger partial charge in [0.2, 0.25) is 0 Å². The molecule has 0 unspecified atom stereocenters. The van der Waals surface area contributed by atoms with Gasteiger partial charge in [0.15, 0.2) is 6.29 Å². The van der Waals surface area contributed by atoms with Gasteiger partial charge in [0.05, 0.1) is 12.7 Å². The van der Waals surface area contributed by atoms with E-state index >= 15 is 0 Å². The average molecular weight is 178 g/mol. The van der Waals surface area contributed by atoms with Crippen LogP contribution in [-0.4, -0.2) is 53.6 Å². The van der Waals surface area contributed by atoms with Gasteiger partial charge in [0.25, 0.3) is 0 Å². The van der Waals surface area contributed by atoms with E-state index in [9.17, 15) is 10.2 Å². The summed E-state index contributed by atoms with van der Waals surface area (Å²) in [5.74, 6) is 0. The van der Waals surface area contributed by atoms with E-state index in [4.69, 9.17) is 14.6 Å². The number of hydrogen-bond donors (Lipinski definition) is 3. The topological polar surface area (TPSA) is 79.2 Å². The summed E-state index contributed by atoms with van der Waals surface area (Å²) in [6, 6.07) is 0. The van der Waals surface area contributed by atoms with Crippen LogP contribution in [0.2, 0.25) is 0 Å². The second-order valence-corrected chi connectivity index (χ2v) is 2.83. The molecule has 1 fully saturated rings. The second kappa shape index (κ2) is 4.15. The van der Waals surface area contributed by atoms with Crippen LogP contribution in [0.3, 0.4) is 0 Å². The van der Waals surface area contributed by atoms with Gasteiger partial charge in [-0.05, 0) is 0 Å². The Bertz CT molecular complexity index is 126. The summed E-state index contributed by atoms with van der Waals surface area (Å²) >= 11 is 0. The second-order valence-electron chi connectivity index (χ2n) is 2.83. The molecule has 3 N–H and O–H groups in total. The molecule has 1 aliphatic rings. The molecule has 1 saturated heterocycles. The quantitative estimate of drug-likeness (QED) is 0.477. The van der Waals surface area contributed by atoms with Gasteiger partial charge in [-0.2, -0.15) is 0 Å². The lowest BCUT2D eigenvalue weighted by Gasteiger charge is -2.35. The zero-order chi connectivity index (χ0) is 9.14. The average Bonchev–Trinajstić information content (AvgIpc) is 2.05. The minimum Gasteiger partial charge on any atom is -0.394 e. The van der Waals surface area contributed by atoms with E-state index in [1.165, 1.54) is 7.11 Å². The number of ether oxygens (including phenoxy) is 2. The van der Waals surface area contributed by atoms with E-state index < -0.39 is 24.6 Å². The first-order chi connectivity index (χ1) is 5.69. The van der Waals surface area contributed by atoms with Crippen LogP contribution in [0.4, 0.5) is 0 Å². The molecule has 5 nitrogen and oxygen atoms in total. The number of hydrogen-bond acceptors (Lipinski definition) is 5. The molecule has 0 aromatic rings. The third-order valence-electron chi connectivity index (χ3n) is 1.95. The Morgan fingerprint density at radius 3 is 2.58 bits per heavy atom. The lowest BCUT2D eigenvalue weighted by atomic mass is 10.0. The van der Waals surface area contributed by atoms with Crippen molar-refractivity contribution in [1.29, 1.82) is 0 Å². The van der Waals surface area contributed by atoms with Crippen molar-refractivity contribution >= 4 is 0 Å². The first-order valence-electron chi connectivity index (χ1n) is 3.84. The van der Waals surface area contributed by atoms with Crippen molar-refractivity contribution in [2.24, 2.45) is 0 Å². The minimum atomic E-state index is -0.826. The molecule has 5 heteroatoms. The van der Waals surface area contributed by atoms with Gasteiger partial charge in [-0.3, -0.25) is 0 Å². The predicted octanol–water partition coefficient (Wildman–Crippen LogP) is -1.54. The van der Waals surface area contributed by atoms with Gasteiger partial charge in [0.1, 0.15) is 12.2 Å². The summed E-state index contributed by atoms with van der Waals surface area (Å²) in [5.41, 5.74) is 0. The Morgan fingerprint density at radius 2 is 2.08 bits per heavy atom. The molecule has 0 aromatic carbocycles. The fraction of sp³-hybridized carbons (Fsp3) is 1.00. The van der Waals surface area contributed by atoms with Gasteiger partial charge in [-0.1, -0.05) is 0 Å². The Balaban J connectivity index is 2.50. The molecule has 0 radical (unpaired) electrons. The Kier molecular flexibility index (Phi) is 3.42. The Labute approximate surface area is 70.5 Å². The molecule has 0 amide bonds. The molecule has 12 heavy (non-hydrogen) atoms. The third-order valence-corrected chi connectivity index (χ3v) is 1.95. The molecule has 0 bridgehead atoms. The fourth-order valence-corrected chi connectivity index (χ4v) is 1.24. The maximum absolute atomic E-state index is 9.26. The van der Waals surface area contributed by atoms with E-state index in [0.717, 1.165) is 0 Å². The van der Waals surface area contributed by atoms with Crippen LogP contribution in [0.25, 0.3) is 0 Å². The highest BCUT2D eigenvalue weighted by Crippen LogP contribution is 2.20. The van der Waals surface area contributed by atoms with Gasteiger partial charge >= 0.3 is 0 Å². The molecule has 4 atom stereocenters. The Morgan fingerprint density at radius 1 is 1.42 bits per heavy atom. The number of rotatable bonds is 2. The van der Waals surface area contributed by atoms with E-state index in [0.29, 0.717) is 0 Å². The van der Waals surface area contributed by atoms with Crippen molar-refractivity contribution in [2.75, 3.05) is 13.7 Å². The normalized spacial score (nSPS) is 43.0. The molecular weight excluding hydrogens is 164 g/mol. The molecular formula is C7H14O5. The summed E-state index contributed by atoms with van der Waals surface area (Å²) in [5, 5.41) is 27.3. The molecule has 1 rings (SSSR count). The maximum Gasteiger partial charge on any atom is 0.183 e. The van der Waals surface area contributed by atoms with Crippen LogP contribution in [0, 0.1) is 0 Å². The van der Waals surface area contributed by atoms with E-state index in [2.05, 4.69) is 0 Å². The fourth-order valence-electron chi connectivity index (χ4n) is 1.24. The smallest absolute Gasteiger partial charge is 0.183 e. The predicted molar refractivity (Wildman–Crippen MR) is 39.4 cm³/mol. The lowest BCUT2D eigenvalue weighted by Crippen LogP contribution is -2.49. The molecule has 0 spiro atoms. The van der Waals surface area contributed by atoms with Crippen molar-refractivity contribution in [3.8, 4) is 0 Å². The SMILES string of the molecule is CO[C@@H]1O[C@H](CO)[C@H](O)C[C@H]1O. The first-order valence-corrected chi connectivity index (χ1v) is 3.84. The van der Waals surface area contributed by atoms with E-state index in [1.807, 2.05) is 0 Å². The molecule has 1 aliphatic heterocycles. The third kappa shape index (κ3) is 1.94. The highest BCUT2D eigenvalue weighted by molar-refractivity contribution is 4.80. The van der Waals surface area contributed by atoms with Crippen molar-refractivity contribution in [1.82, 2.24) is 0 Å². The molecule has 0 aliphatic carbocycles. The largest absolute Gasteiger partial charge is 0.394 e. The van der Waals surface area contributed by atoms with Crippen LogP contribution in [0.1, 0.15) is 6.42 Å². The highest BCUT2D eigenvalue weighted by atomic mass is 16.7. The molecule has 1 heterocycles. The number of methoxy groups -OCH3 is 1. The lowest BCUT2D eigenvalue weighted by molar-refractivity contribution is -0.261. The van der Waals surface area contributed by atoms with E-state index in [-0.39, 0.29) is 13.0 Å². The molecule has 0 aromatic heterocycles. The van der Waals surface area contributed by atoms with Crippen LogP contribution in [0.5, 0.6) is 0 Å². The summed E-state index contributed by atoms with van der Waals surface area (Å²) < 4.78 is 9.83. The zero-order valence-electron chi connectivity index (χ0n) is 6.88. The number of aliphatic hydroxyl groups excluding tert-OH is 3. The summed E-state index contributed by atoms with van der Waals surface area (Å²) in [6.45, 7) is -0.270. The maximum atomic E-state index is 9.26. The standard InChI is InChI=1S/C7H14O5/c1-11-7-5(10)2-4(9)6(3-8)12-7/h4-10H,2-3H2,1H3/t4-,5-,6-,7-/m1/s1. The van der Waals surface area contributed by atoms with Gasteiger partial charge in [-0.25, -0.2) is 0 Å². The Hall–Kier alpha value is -0.200.